The molecule has 21 heavy (non-hydrogen) atoms. The molecule has 0 saturated heterocycles. The molecule has 1 heterocycles. The van der Waals surface area contributed by atoms with E-state index < -0.39 is 6.04 Å². The van der Waals surface area contributed by atoms with Gasteiger partial charge in [0.2, 0.25) is 5.91 Å². The third-order valence-electron chi connectivity index (χ3n) is 2.47. The average molecular weight is 330 g/mol. The van der Waals surface area contributed by atoms with Crippen molar-refractivity contribution in [2.24, 2.45) is 5.73 Å². The third kappa shape index (κ3) is 6.63. The van der Waals surface area contributed by atoms with E-state index in [-0.39, 0.29) is 30.8 Å². The second kappa shape index (κ2) is 10.2. The van der Waals surface area contributed by atoms with Gasteiger partial charge in [0.1, 0.15) is 6.04 Å². The Kier molecular flexibility index (Phi) is 9.46. The number of hydrogen-bond donors (Lipinski definition) is 3. The molecular formula is C14H20ClN3O2S. The zero-order valence-electron chi connectivity index (χ0n) is 12.1. The van der Waals surface area contributed by atoms with Gasteiger partial charge in [-0.05, 0) is 19.4 Å². The Hall–Kier alpha value is -1.55. The van der Waals surface area contributed by atoms with Gasteiger partial charge >= 0.3 is 0 Å². The van der Waals surface area contributed by atoms with Crippen molar-refractivity contribution < 1.29 is 9.59 Å². The minimum atomic E-state index is -0.562. The van der Waals surface area contributed by atoms with Crippen LogP contribution in [0.1, 0.15) is 35.5 Å². The van der Waals surface area contributed by atoms with E-state index in [1.165, 1.54) is 11.3 Å². The van der Waals surface area contributed by atoms with E-state index in [0.717, 1.165) is 11.3 Å². The van der Waals surface area contributed by atoms with Gasteiger partial charge in [-0.2, -0.15) is 0 Å². The van der Waals surface area contributed by atoms with Crippen LogP contribution in [-0.4, -0.2) is 30.9 Å². The number of carbonyl (C=O) groups excluding carboxylic acids is 2. The van der Waals surface area contributed by atoms with Crippen LogP contribution < -0.4 is 16.4 Å². The van der Waals surface area contributed by atoms with Crippen LogP contribution in [-0.2, 0) is 4.79 Å². The summed E-state index contributed by atoms with van der Waals surface area (Å²) in [5, 5.41) is 7.11. The van der Waals surface area contributed by atoms with Crippen molar-refractivity contribution in [3.63, 3.8) is 0 Å². The molecule has 0 aliphatic carbocycles. The molecule has 0 saturated carbocycles. The third-order valence-corrected chi connectivity index (χ3v) is 3.31. The second-order valence-corrected chi connectivity index (χ2v) is 5.10. The van der Waals surface area contributed by atoms with Crippen molar-refractivity contribution in [1.29, 1.82) is 0 Å². The highest BCUT2D eigenvalue weighted by molar-refractivity contribution is 7.10. The van der Waals surface area contributed by atoms with Crippen molar-refractivity contribution in [2.75, 3.05) is 13.1 Å². The van der Waals surface area contributed by atoms with Gasteiger partial charge in [0, 0.05) is 11.9 Å². The second-order valence-electron chi connectivity index (χ2n) is 4.19. The van der Waals surface area contributed by atoms with E-state index in [0.29, 0.717) is 12.1 Å². The normalized spacial score (nSPS) is 10.6. The van der Waals surface area contributed by atoms with Gasteiger partial charge < -0.3 is 16.4 Å². The smallest absolute Gasteiger partial charge is 0.252 e. The molecule has 1 aromatic heterocycles. The maximum Gasteiger partial charge on any atom is 0.252 e. The SMILES string of the molecule is CCCNC(=O)C(C)NC(=O)c1csc(C#CCN)c1.Cl. The highest BCUT2D eigenvalue weighted by Crippen LogP contribution is 2.13. The first-order valence-corrected chi connectivity index (χ1v) is 7.32. The maximum absolute atomic E-state index is 12.0. The largest absolute Gasteiger partial charge is 0.354 e. The minimum Gasteiger partial charge on any atom is -0.354 e. The highest BCUT2D eigenvalue weighted by Gasteiger charge is 2.16. The summed E-state index contributed by atoms with van der Waals surface area (Å²) in [5.74, 6) is 5.14. The van der Waals surface area contributed by atoms with Crippen LogP contribution in [0.15, 0.2) is 11.4 Å². The standard InChI is InChI=1S/C14H19N3O2S.ClH/c1-3-7-16-13(18)10(2)17-14(19)11-8-12(20-9-11)5-4-6-15;/h8-10H,3,6-7,15H2,1-2H3,(H,16,18)(H,17,19);1H. The molecule has 1 rings (SSSR count). The quantitative estimate of drug-likeness (QED) is 0.708. The molecule has 5 nitrogen and oxygen atoms in total. The van der Waals surface area contributed by atoms with Gasteiger partial charge in [0.25, 0.3) is 5.91 Å². The molecule has 1 atom stereocenters. The molecule has 0 aliphatic rings. The van der Waals surface area contributed by atoms with Crippen LogP contribution >= 0.6 is 23.7 Å². The Balaban J connectivity index is 0.00000400. The van der Waals surface area contributed by atoms with Crippen molar-refractivity contribution in [3.8, 4) is 11.8 Å². The number of rotatable bonds is 5. The molecule has 0 aromatic carbocycles. The number of halogens is 1. The number of nitrogens with one attached hydrogen (secondary N) is 2. The lowest BCUT2D eigenvalue weighted by Crippen LogP contribution is -2.44. The summed E-state index contributed by atoms with van der Waals surface area (Å²) in [7, 11) is 0. The van der Waals surface area contributed by atoms with E-state index in [2.05, 4.69) is 22.5 Å². The van der Waals surface area contributed by atoms with Gasteiger partial charge in [0.05, 0.1) is 17.0 Å². The van der Waals surface area contributed by atoms with E-state index >= 15 is 0 Å². The topological polar surface area (TPSA) is 84.2 Å². The molecule has 7 heteroatoms. The van der Waals surface area contributed by atoms with Gasteiger partial charge in [-0.1, -0.05) is 18.8 Å². The van der Waals surface area contributed by atoms with Gasteiger partial charge in [-0.25, -0.2) is 0 Å². The fraction of sp³-hybridized carbons (Fsp3) is 0.429. The molecule has 0 radical (unpaired) electrons. The number of nitrogens with two attached hydrogens (primary N) is 1. The van der Waals surface area contributed by atoms with Crippen LogP contribution in [0.4, 0.5) is 0 Å². The summed E-state index contributed by atoms with van der Waals surface area (Å²) in [6.07, 6.45) is 0.861. The summed E-state index contributed by atoms with van der Waals surface area (Å²) in [6.45, 7) is 4.52. The molecule has 1 unspecified atom stereocenters. The number of carbonyl (C=O) groups is 2. The van der Waals surface area contributed by atoms with Gasteiger partial charge in [0.15, 0.2) is 0 Å². The van der Waals surface area contributed by atoms with Crippen molar-refractivity contribution in [2.45, 2.75) is 26.3 Å². The molecule has 0 aliphatic heterocycles. The molecule has 0 spiro atoms. The first kappa shape index (κ1) is 19.4. The Labute approximate surface area is 135 Å². The molecule has 4 N–H and O–H groups in total. The van der Waals surface area contributed by atoms with E-state index in [9.17, 15) is 9.59 Å². The highest BCUT2D eigenvalue weighted by atomic mass is 35.5. The Bertz CT molecular complexity index is 534. The lowest BCUT2D eigenvalue weighted by Gasteiger charge is -2.13. The lowest BCUT2D eigenvalue weighted by molar-refractivity contribution is -0.122. The van der Waals surface area contributed by atoms with E-state index in [4.69, 9.17) is 5.73 Å². The molecule has 1 aromatic rings. The van der Waals surface area contributed by atoms with Gasteiger partial charge in [-0.15, -0.1) is 23.7 Å². The summed E-state index contributed by atoms with van der Waals surface area (Å²) < 4.78 is 0. The Morgan fingerprint density at radius 3 is 2.81 bits per heavy atom. The fourth-order valence-electron chi connectivity index (χ4n) is 1.41. The summed E-state index contributed by atoms with van der Waals surface area (Å²) in [6, 6.07) is 1.13. The predicted molar refractivity (Wildman–Crippen MR) is 87.7 cm³/mol. The van der Waals surface area contributed by atoms with Crippen LogP contribution in [0.3, 0.4) is 0 Å². The van der Waals surface area contributed by atoms with E-state index in [1.54, 1.807) is 18.4 Å². The van der Waals surface area contributed by atoms with Gasteiger partial charge in [-0.3, -0.25) is 9.59 Å². The molecular weight excluding hydrogens is 310 g/mol. The number of hydrogen-bond acceptors (Lipinski definition) is 4. The Morgan fingerprint density at radius 1 is 1.48 bits per heavy atom. The van der Waals surface area contributed by atoms with E-state index in [1.807, 2.05) is 6.92 Å². The lowest BCUT2D eigenvalue weighted by atomic mass is 10.2. The zero-order valence-corrected chi connectivity index (χ0v) is 13.7. The van der Waals surface area contributed by atoms with Crippen LogP contribution in [0, 0.1) is 11.8 Å². The first-order valence-electron chi connectivity index (χ1n) is 6.44. The molecule has 0 bridgehead atoms. The summed E-state index contributed by atoms with van der Waals surface area (Å²) >= 11 is 1.38. The number of amides is 2. The minimum absolute atomic E-state index is 0. The zero-order chi connectivity index (χ0) is 15.0. The summed E-state index contributed by atoms with van der Waals surface area (Å²) in [5.41, 5.74) is 5.80. The predicted octanol–water partition coefficient (Wildman–Crippen LogP) is 1.12. The molecule has 2 amide bonds. The molecule has 0 fully saturated rings. The number of thiophene rings is 1. The van der Waals surface area contributed by atoms with Crippen molar-refractivity contribution in [3.05, 3.63) is 21.9 Å². The fourth-order valence-corrected chi connectivity index (χ4v) is 2.16. The monoisotopic (exact) mass is 329 g/mol. The first-order chi connectivity index (χ1) is 9.58. The van der Waals surface area contributed by atoms with Crippen LogP contribution in [0.25, 0.3) is 0 Å². The Morgan fingerprint density at radius 2 is 2.19 bits per heavy atom. The van der Waals surface area contributed by atoms with Crippen molar-refractivity contribution in [1.82, 2.24) is 10.6 Å². The van der Waals surface area contributed by atoms with Crippen molar-refractivity contribution >= 4 is 35.6 Å². The van der Waals surface area contributed by atoms with Crippen LogP contribution in [0.2, 0.25) is 0 Å². The maximum atomic E-state index is 12.0. The summed E-state index contributed by atoms with van der Waals surface area (Å²) in [4.78, 5) is 24.4. The molecule has 116 valence electrons. The average Bonchev–Trinajstić information content (AvgIpc) is 2.91. The van der Waals surface area contributed by atoms with Crippen LogP contribution in [0.5, 0.6) is 0 Å².